The van der Waals surface area contributed by atoms with E-state index in [1.807, 2.05) is 0 Å². The van der Waals surface area contributed by atoms with E-state index in [-0.39, 0.29) is 11.2 Å². The molecule has 0 atom stereocenters. The summed E-state index contributed by atoms with van der Waals surface area (Å²) in [7, 11) is -2.72. The molecule has 0 aliphatic carbocycles. The average Bonchev–Trinajstić information content (AvgIpc) is 3.08. The number of halogens is 3. The summed E-state index contributed by atoms with van der Waals surface area (Å²) in [6, 6.07) is 6.57. The zero-order chi connectivity index (χ0) is 20.5. The van der Waals surface area contributed by atoms with Crippen LogP contribution >= 0.6 is 0 Å². The molecular weight excluding hydrogens is 405 g/mol. The van der Waals surface area contributed by atoms with Gasteiger partial charge in [0.25, 0.3) is 10.0 Å². The van der Waals surface area contributed by atoms with Crippen molar-refractivity contribution in [2.45, 2.75) is 24.3 Å². The van der Waals surface area contributed by atoms with Crippen molar-refractivity contribution in [3.8, 4) is 5.75 Å². The fourth-order valence-electron chi connectivity index (χ4n) is 2.26. The summed E-state index contributed by atoms with van der Waals surface area (Å²) in [5.74, 6) is 0.595. The van der Waals surface area contributed by atoms with E-state index in [9.17, 15) is 26.4 Å². The van der Waals surface area contributed by atoms with E-state index in [0.29, 0.717) is 15.7 Å². The van der Waals surface area contributed by atoms with Gasteiger partial charge in [-0.15, -0.1) is 5.10 Å². The third-order valence-corrected chi connectivity index (χ3v) is 4.91. The number of aromatic nitrogens is 5. The van der Waals surface area contributed by atoms with Gasteiger partial charge < -0.3 is 4.74 Å². The fourth-order valence-corrected chi connectivity index (χ4v) is 3.32. The third-order valence-electron chi connectivity index (χ3n) is 3.59. The van der Waals surface area contributed by atoms with Gasteiger partial charge in [0.05, 0.1) is 7.11 Å². The lowest BCUT2D eigenvalue weighted by atomic mass is 10.2. The van der Waals surface area contributed by atoms with Crippen molar-refractivity contribution in [3.05, 3.63) is 46.6 Å². The van der Waals surface area contributed by atoms with Crippen LogP contribution < -0.4 is 15.1 Å². The highest BCUT2D eigenvalue weighted by Gasteiger charge is 2.31. The van der Waals surface area contributed by atoms with Gasteiger partial charge in [0.2, 0.25) is 10.7 Å². The van der Waals surface area contributed by atoms with Gasteiger partial charge in [-0.3, -0.25) is 0 Å². The summed E-state index contributed by atoms with van der Waals surface area (Å²) < 4.78 is 70.2. The number of sulfonamides is 1. The number of hydrogen-bond donors (Lipinski definition) is 1. The molecule has 0 aliphatic rings. The number of methoxy groups -OCH3 is 1. The summed E-state index contributed by atoms with van der Waals surface area (Å²) in [5.41, 5.74) is -1.08. The van der Waals surface area contributed by atoms with Crippen LogP contribution in [-0.4, -0.2) is 46.1 Å². The molecule has 0 radical (unpaired) electrons. The topological polar surface area (TPSA) is 120 Å². The Morgan fingerprint density at radius 2 is 1.89 bits per heavy atom. The number of ether oxygens (including phenoxy) is 1. The van der Waals surface area contributed by atoms with Crippen LogP contribution in [0.2, 0.25) is 0 Å². The Balaban J connectivity index is 1.87. The first-order valence-electron chi connectivity index (χ1n) is 7.61. The quantitative estimate of drug-likeness (QED) is 0.613. The number of alkyl halides is 3. The molecule has 3 aromatic rings. The molecule has 1 N–H and O–H groups in total. The second-order valence-electron chi connectivity index (χ2n) is 5.56. The van der Waals surface area contributed by atoms with Crippen molar-refractivity contribution in [3.63, 3.8) is 0 Å². The smallest absolute Gasteiger partial charge is 0.408 e. The average molecular weight is 418 g/mol. The molecule has 2 heterocycles. The number of nitrogens with one attached hydrogen (secondary N) is 1. The molecule has 1 aromatic carbocycles. The summed E-state index contributed by atoms with van der Waals surface area (Å²) in [6.45, 7) is -1.76. The Kier molecular flexibility index (Phi) is 5.08. The summed E-state index contributed by atoms with van der Waals surface area (Å²) in [4.78, 5) is 15.6. The van der Waals surface area contributed by atoms with Gasteiger partial charge in [-0.05, 0) is 17.7 Å². The largest absolute Gasteiger partial charge is 0.497 e. The molecule has 10 nitrogen and oxygen atoms in total. The van der Waals surface area contributed by atoms with E-state index < -0.39 is 39.1 Å². The van der Waals surface area contributed by atoms with Crippen molar-refractivity contribution in [1.82, 2.24) is 29.1 Å². The molecule has 0 saturated heterocycles. The number of fused-ring (bicyclic) bond motifs is 1. The highest BCUT2D eigenvalue weighted by atomic mass is 32.2. The van der Waals surface area contributed by atoms with E-state index >= 15 is 0 Å². The summed E-state index contributed by atoms with van der Waals surface area (Å²) in [5, 5.41) is 5.93. The molecule has 0 unspecified atom stereocenters. The van der Waals surface area contributed by atoms with Crippen LogP contribution in [0, 0.1) is 0 Å². The Morgan fingerprint density at radius 3 is 2.50 bits per heavy atom. The van der Waals surface area contributed by atoms with Gasteiger partial charge in [-0.25, -0.2) is 27.3 Å². The van der Waals surface area contributed by atoms with Crippen LogP contribution in [-0.2, 0) is 23.1 Å². The molecule has 150 valence electrons. The molecule has 0 spiro atoms. The number of hydrogen-bond acceptors (Lipinski definition) is 7. The SMILES string of the molecule is COc1ccc(CNS(=O)(=O)c2ncn3c(=O)n(CC(F)(F)F)nnc23)cc1. The van der Waals surface area contributed by atoms with Gasteiger partial charge in [0.1, 0.15) is 18.6 Å². The molecule has 3 rings (SSSR count). The lowest BCUT2D eigenvalue weighted by molar-refractivity contribution is -0.144. The van der Waals surface area contributed by atoms with Gasteiger partial charge >= 0.3 is 11.9 Å². The number of rotatable bonds is 6. The second kappa shape index (κ2) is 7.20. The summed E-state index contributed by atoms with van der Waals surface area (Å²) in [6.07, 6.45) is -3.91. The maximum absolute atomic E-state index is 12.5. The first-order chi connectivity index (χ1) is 13.1. The molecule has 0 aliphatic heterocycles. The molecule has 0 fully saturated rings. The highest BCUT2D eigenvalue weighted by molar-refractivity contribution is 7.89. The van der Waals surface area contributed by atoms with E-state index in [1.54, 1.807) is 24.3 Å². The summed E-state index contributed by atoms with van der Waals surface area (Å²) >= 11 is 0. The Labute approximate surface area is 155 Å². The monoisotopic (exact) mass is 418 g/mol. The van der Waals surface area contributed by atoms with Crippen LogP contribution in [0.5, 0.6) is 5.75 Å². The van der Waals surface area contributed by atoms with E-state index in [4.69, 9.17) is 4.74 Å². The maximum Gasteiger partial charge on any atom is 0.408 e. The number of benzene rings is 1. The third kappa shape index (κ3) is 4.12. The van der Waals surface area contributed by atoms with Crippen LogP contribution in [0.15, 0.2) is 40.4 Å². The van der Waals surface area contributed by atoms with Crippen LogP contribution in [0.3, 0.4) is 0 Å². The number of imidazole rings is 1. The van der Waals surface area contributed by atoms with E-state index in [0.717, 1.165) is 6.33 Å². The van der Waals surface area contributed by atoms with Crippen LogP contribution in [0.25, 0.3) is 5.65 Å². The standard InChI is InChI=1S/C14H13F3N6O4S/c1-27-10-4-2-9(3-5-10)6-19-28(25,26)12-11-20-21-23(7-14(15,16)17)13(24)22(11)8-18-12/h2-5,8,19H,6-7H2,1H3. The fraction of sp³-hybridized carbons (Fsp3) is 0.286. The lowest BCUT2D eigenvalue weighted by Crippen LogP contribution is -2.35. The van der Waals surface area contributed by atoms with Crippen molar-refractivity contribution >= 4 is 15.7 Å². The molecule has 14 heteroatoms. The van der Waals surface area contributed by atoms with E-state index in [1.165, 1.54) is 7.11 Å². The number of nitrogens with zero attached hydrogens (tertiary/aromatic N) is 5. The Bertz CT molecular complexity index is 1150. The van der Waals surface area contributed by atoms with Crippen LogP contribution in [0.1, 0.15) is 5.56 Å². The second-order valence-corrected chi connectivity index (χ2v) is 7.24. The zero-order valence-electron chi connectivity index (χ0n) is 14.2. The molecule has 0 saturated carbocycles. The van der Waals surface area contributed by atoms with Gasteiger partial charge in [-0.1, -0.05) is 17.3 Å². The van der Waals surface area contributed by atoms with Gasteiger partial charge in [0.15, 0.2) is 0 Å². The minimum Gasteiger partial charge on any atom is -0.497 e. The van der Waals surface area contributed by atoms with Crippen LogP contribution in [0.4, 0.5) is 13.2 Å². The van der Waals surface area contributed by atoms with Crippen molar-refractivity contribution in [2.75, 3.05) is 7.11 Å². The van der Waals surface area contributed by atoms with Crippen molar-refractivity contribution in [1.29, 1.82) is 0 Å². The highest BCUT2D eigenvalue weighted by Crippen LogP contribution is 2.16. The predicted molar refractivity (Wildman–Crippen MR) is 88.1 cm³/mol. The molecule has 0 bridgehead atoms. The zero-order valence-corrected chi connectivity index (χ0v) is 15.0. The lowest BCUT2D eigenvalue weighted by Gasteiger charge is -2.08. The molecule has 28 heavy (non-hydrogen) atoms. The molecule has 0 amide bonds. The minimum absolute atomic E-state index is 0.0653. The first-order valence-corrected chi connectivity index (χ1v) is 9.09. The first kappa shape index (κ1) is 19.8. The normalized spacial score (nSPS) is 12.4. The minimum atomic E-state index is -4.69. The predicted octanol–water partition coefficient (Wildman–Crippen LogP) is 0.335. The molecular formula is C14H13F3N6O4S. The molecule has 2 aromatic heterocycles. The maximum atomic E-state index is 12.5. The van der Waals surface area contributed by atoms with E-state index in [2.05, 4.69) is 20.0 Å². The Hall–Kier alpha value is -3.00. The van der Waals surface area contributed by atoms with Gasteiger partial charge in [0, 0.05) is 6.54 Å². The Morgan fingerprint density at radius 1 is 1.21 bits per heavy atom. The van der Waals surface area contributed by atoms with Crippen molar-refractivity contribution < 1.29 is 26.3 Å². The van der Waals surface area contributed by atoms with Gasteiger partial charge in [-0.2, -0.15) is 17.9 Å². The van der Waals surface area contributed by atoms with Crippen molar-refractivity contribution in [2.24, 2.45) is 0 Å².